The summed E-state index contributed by atoms with van der Waals surface area (Å²) in [5, 5.41) is 0. The van der Waals surface area contributed by atoms with Crippen LogP contribution in [0.15, 0.2) is 36.8 Å². The zero-order chi connectivity index (χ0) is 13.1. The van der Waals surface area contributed by atoms with Crippen LogP contribution < -0.4 is 5.73 Å². The average Bonchev–Trinajstić information content (AvgIpc) is 2.98. The molecule has 1 aromatic heterocycles. The lowest BCUT2D eigenvalue weighted by atomic mass is 9.87. The molecule has 1 saturated carbocycles. The van der Waals surface area contributed by atoms with Crippen LogP contribution in [0, 0.1) is 0 Å². The Kier molecular flexibility index (Phi) is 3.65. The average molecular weight is 255 g/mol. The summed E-state index contributed by atoms with van der Waals surface area (Å²) in [5.41, 5.74) is 9.43. The first-order valence-corrected chi connectivity index (χ1v) is 7.20. The monoisotopic (exact) mass is 255 g/mol. The van der Waals surface area contributed by atoms with E-state index in [1.165, 1.54) is 49.0 Å². The number of imidazole rings is 1. The Morgan fingerprint density at radius 3 is 2.84 bits per heavy atom. The van der Waals surface area contributed by atoms with E-state index in [0.29, 0.717) is 12.5 Å². The van der Waals surface area contributed by atoms with Crippen LogP contribution in [0.25, 0.3) is 5.69 Å². The number of aromatic nitrogens is 2. The third-order valence-corrected chi connectivity index (χ3v) is 4.12. The molecule has 0 atom stereocenters. The summed E-state index contributed by atoms with van der Waals surface area (Å²) in [4.78, 5) is 4.36. The summed E-state index contributed by atoms with van der Waals surface area (Å²) in [5.74, 6) is 0.665. The topological polar surface area (TPSA) is 43.8 Å². The van der Waals surface area contributed by atoms with Gasteiger partial charge in [-0.3, -0.25) is 0 Å². The van der Waals surface area contributed by atoms with E-state index in [2.05, 4.69) is 33.8 Å². The Morgan fingerprint density at radius 2 is 2.05 bits per heavy atom. The van der Waals surface area contributed by atoms with E-state index in [9.17, 15) is 0 Å². The fourth-order valence-electron chi connectivity index (χ4n) is 3.05. The molecular weight excluding hydrogens is 234 g/mol. The van der Waals surface area contributed by atoms with E-state index in [-0.39, 0.29) is 0 Å². The van der Waals surface area contributed by atoms with E-state index < -0.39 is 0 Å². The van der Waals surface area contributed by atoms with Crippen molar-refractivity contribution in [3.63, 3.8) is 0 Å². The van der Waals surface area contributed by atoms with Gasteiger partial charge in [0.05, 0.1) is 6.33 Å². The Morgan fingerprint density at radius 1 is 1.21 bits per heavy atom. The number of nitrogens with zero attached hydrogens (tertiary/aromatic N) is 2. The van der Waals surface area contributed by atoms with Crippen molar-refractivity contribution in [1.29, 1.82) is 0 Å². The van der Waals surface area contributed by atoms with E-state index in [4.69, 9.17) is 5.73 Å². The summed E-state index contributed by atoms with van der Waals surface area (Å²) < 4.78 is 2.23. The molecule has 2 aromatic rings. The number of hydrogen-bond acceptors (Lipinski definition) is 2. The van der Waals surface area contributed by atoms with Crippen LogP contribution in [0.1, 0.15) is 49.3 Å². The molecule has 1 heterocycles. The van der Waals surface area contributed by atoms with Gasteiger partial charge in [-0.25, -0.2) is 4.98 Å². The Labute approximate surface area is 114 Å². The molecule has 1 fully saturated rings. The minimum atomic E-state index is 0.585. The van der Waals surface area contributed by atoms with Gasteiger partial charge in [-0.15, -0.1) is 0 Å². The van der Waals surface area contributed by atoms with Crippen molar-refractivity contribution in [2.75, 3.05) is 0 Å². The molecule has 1 aliphatic carbocycles. The molecule has 0 saturated heterocycles. The van der Waals surface area contributed by atoms with Crippen molar-refractivity contribution < 1.29 is 0 Å². The lowest BCUT2D eigenvalue weighted by Gasteiger charge is -2.23. The highest BCUT2D eigenvalue weighted by Gasteiger charge is 2.19. The Hall–Kier alpha value is -1.61. The van der Waals surface area contributed by atoms with Gasteiger partial charge < -0.3 is 10.3 Å². The second kappa shape index (κ2) is 5.57. The fraction of sp³-hybridized carbons (Fsp3) is 0.438. The van der Waals surface area contributed by atoms with Crippen LogP contribution in [0.4, 0.5) is 0 Å². The lowest BCUT2D eigenvalue weighted by Crippen LogP contribution is -2.10. The molecule has 100 valence electrons. The van der Waals surface area contributed by atoms with E-state index in [1.807, 2.05) is 12.5 Å². The van der Waals surface area contributed by atoms with Crippen LogP contribution in [-0.2, 0) is 6.54 Å². The van der Waals surface area contributed by atoms with E-state index >= 15 is 0 Å². The normalized spacial score (nSPS) is 16.7. The maximum absolute atomic E-state index is 5.73. The van der Waals surface area contributed by atoms with Crippen molar-refractivity contribution in [2.24, 2.45) is 5.73 Å². The van der Waals surface area contributed by atoms with Gasteiger partial charge in [0.25, 0.3) is 0 Å². The van der Waals surface area contributed by atoms with Crippen molar-refractivity contribution in [3.05, 3.63) is 48.0 Å². The van der Waals surface area contributed by atoms with Gasteiger partial charge in [0.1, 0.15) is 0 Å². The zero-order valence-electron chi connectivity index (χ0n) is 11.3. The molecule has 0 bridgehead atoms. The van der Waals surface area contributed by atoms with Gasteiger partial charge in [0.15, 0.2) is 0 Å². The second-order valence-corrected chi connectivity index (χ2v) is 5.40. The largest absolute Gasteiger partial charge is 0.326 e. The molecule has 0 radical (unpaired) electrons. The minimum Gasteiger partial charge on any atom is -0.326 e. The highest BCUT2D eigenvalue weighted by atomic mass is 15.1. The number of hydrogen-bond donors (Lipinski definition) is 1. The fourth-order valence-corrected chi connectivity index (χ4v) is 3.05. The van der Waals surface area contributed by atoms with Gasteiger partial charge in [-0.2, -0.15) is 0 Å². The standard InChI is InChI=1S/C16H21N3/c17-10-13-5-4-8-15(9-13)19-12-18-11-16(19)14-6-2-1-3-7-14/h4-5,8-9,11-12,14H,1-3,6-7,10,17H2. The Bertz CT molecular complexity index is 538. The van der Waals surface area contributed by atoms with Crippen molar-refractivity contribution in [3.8, 4) is 5.69 Å². The quantitative estimate of drug-likeness (QED) is 0.913. The molecule has 19 heavy (non-hydrogen) atoms. The lowest BCUT2D eigenvalue weighted by molar-refractivity contribution is 0.433. The van der Waals surface area contributed by atoms with Gasteiger partial charge >= 0.3 is 0 Å². The van der Waals surface area contributed by atoms with Crippen LogP contribution in [0.2, 0.25) is 0 Å². The van der Waals surface area contributed by atoms with Crippen molar-refractivity contribution in [1.82, 2.24) is 9.55 Å². The molecule has 1 aromatic carbocycles. The minimum absolute atomic E-state index is 0.585. The molecule has 3 rings (SSSR count). The SMILES string of the molecule is NCc1cccc(-n2cncc2C2CCCCC2)c1. The van der Waals surface area contributed by atoms with Gasteiger partial charge in [-0.1, -0.05) is 31.4 Å². The van der Waals surface area contributed by atoms with Crippen molar-refractivity contribution >= 4 is 0 Å². The van der Waals surface area contributed by atoms with Crippen LogP contribution in [0.5, 0.6) is 0 Å². The first kappa shape index (κ1) is 12.4. The highest BCUT2D eigenvalue weighted by Crippen LogP contribution is 2.33. The van der Waals surface area contributed by atoms with Gasteiger partial charge in [-0.05, 0) is 30.5 Å². The second-order valence-electron chi connectivity index (χ2n) is 5.40. The smallest absolute Gasteiger partial charge is 0.0994 e. The van der Waals surface area contributed by atoms with Gasteiger partial charge in [0.2, 0.25) is 0 Å². The maximum atomic E-state index is 5.73. The molecule has 1 aliphatic rings. The molecule has 0 spiro atoms. The molecule has 2 N–H and O–H groups in total. The summed E-state index contributed by atoms with van der Waals surface area (Å²) in [7, 11) is 0. The highest BCUT2D eigenvalue weighted by molar-refractivity contribution is 5.38. The summed E-state index contributed by atoms with van der Waals surface area (Å²) in [6.07, 6.45) is 10.6. The first-order valence-electron chi connectivity index (χ1n) is 7.20. The molecular formula is C16H21N3. The number of benzene rings is 1. The first-order chi connectivity index (χ1) is 9.38. The van der Waals surface area contributed by atoms with Gasteiger partial charge in [0, 0.05) is 30.0 Å². The van der Waals surface area contributed by atoms with Crippen LogP contribution in [0.3, 0.4) is 0 Å². The van der Waals surface area contributed by atoms with E-state index in [0.717, 1.165) is 0 Å². The number of rotatable bonds is 3. The van der Waals surface area contributed by atoms with E-state index in [1.54, 1.807) is 0 Å². The predicted molar refractivity (Wildman–Crippen MR) is 77.3 cm³/mol. The van der Waals surface area contributed by atoms with Crippen molar-refractivity contribution in [2.45, 2.75) is 44.6 Å². The molecule has 0 unspecified atom stereocenters. The number of nitrogens with two attached hydrogens (primary N) is 1. The predicted octanol–water partition coefficient (Wildman–Crippen LogP) is 3.38. The third-order valence-electron chi connectivity index (χ3n) is 4.12. The van der Waals surface area contributed by atoms with Crippen LogP contribution >= 0.6 is 0 Å². The third kappa shape index (κ3) is 2.56. The summed E-state index contributed by atoms with van der Waals surface area (Å²) >= 11 is 0. The molecule has 3 nitrogen and oxygen atoms in total. The Balaban J connectivity index is 1.94. The molecule has 3 heteroatoms. The summed E-state index contributed by atoms with van der Waals surface area (Å²) in [6.45, 7) is 0.585. The molecule has 0 aliphatic heterocycles. The summed E-state index contributed by atoms with van der Waals surface area (Å²) in [6, 6.07) is 8.43. The molecule has 0 amide bonds. The zero-order valence-corrected chi connectivity index (χ0v) is 11.3. The maximum Gasteiger partial charge on any atom is 0.0994 e. The van der Waals surface area contributed by atoms with Crippen LogP contribution in [-0.4, -0.2) is 9.55 Å².